The van der Waals surface area contributed by atoms with E-state index in [1.807, 2.05) is 38.1 Å². The van der Waals surface area contributed by atoms with Crippen LogP contribution in [0.5, 0.6) is 0 Å². The van der Waals surface area contributed by atoms with Crippen LogP contribution in [0.25, 0.3) is 21.9 Å². The minimum absolute atomic E-state index is 0.228. The van der Waals surface area contributed by atoms with Gasteiger partial charge in [0.2, 0.25) is 0 Å². The van der Waals surface area contributed by atoms with E-state index in [0.717, 1.165) is 22.4 Å². The summed E-state index contributed by atoms with van der Waals surface area (Å²) in [6.07, 6.45) is 2.65. The highest BCUT2D eigenvalue weighted by atomic mass is 32.1. The lowest BCUT2D eigenvalue weighted by Crippen LogP contribution is -2.15. The highest BCUT2D eigenvalue weighted by Gasteiger charge is 2.19. The zero-order chi connectivity index (χ0) is 19.6. The SMILES string of the molecule is CCOC(=O)C(=Cc1ccc(CC)cc1)c1nc2sc(C)c(C)c2c(=O)[nH]1. The van der Waals surface area contributed by atoms with Crippen molar-refractivity contribution in [3.05, 3.63) is 62.0 Å². The molecule has 140 valence electrons. The van der Waals surface area contributed by atoms with Crippen LogP contribution in [0.1, 0.15) is 41.2 Å². The number of hydrogen-bond donors (Lipinski definition) is 1. The van der Waals surface area contributed by atoms with Crippen molar-refractivity contribution in [2.45, 2.75) is 34.1 Å². The monoisotopic (exact) mass is 382 g/mol. The molecule has 1 aromatic carbocycles. The summed E-state index contributed by atoms with van der Waals surface area (Å²) in [7, 11) is 0. The molecule has 0 aliphatic heterocycles. The zero-order valence-corrected chi connectivity index (χ0v) is 16.7. The molecule has 2 heterocycles. The molecule has 27 heavy (non-hydrogen) atoms. The number of nitrogens with zero attached hydrogens (tertiary/aromatic N) is 1. The number of rotatable bonds is 5. The average Bonchev–Trinajstić information content (AvgIpc) is 2.94. The van der Waals surface area contributed by atoms with Gasteiger partial charge in [0.05, 0.1) is 12.0 Å². The quantitative estimate of drug-likeness (QED) is 0.528. The Morgan fingerprint density at radius 3 is 2.56 bits per heavy atom. The number of aromatic nitrogens is 2. The fraction of sp³-hybridized carbons (Fsp3) is 0.286. The van der Waals surface area contributed by atoms with Crippen LogP contribution in [-0.2, 0) is 16.0 Å². The number of esters is 1. The molecule has 3 rings (SSSR count). The van der Waals surface area contributed by atoms with E-state index < -0.39 is 5.97 Å². The molecule has 0 saturated heterocycles. The molecule has 6 heteroatoms. The topological polar surface area (TPSA) is 72.0 Å². The molecule has 5 nitrogen and oxygen atoms in total. The fourth-order valence-corrected chi connectivity index (χ4v) is 3.86. The number of ether oxygens (including phenoxy) is 1. The predicted octanol–water partition coefficient (Wildman–Crippen LogP) is 4.27. The summed E-state index contributed by atoms with van der Waals surface area (Å²) in [5, 5.41) is 0.580. The molecular weight excluding hydrogens is 360 g/mol. The summed E-state index contributed by atoms with van der Waals surface area (Å²) in [5.74, 6) is -0.281. The van der Waals surface area contributed by atoms with Crippen LogP contribution in [0.15, 0.2) is 29.1 Å². The standard InChI is InChI=1S/C21H22N2O3S/c1-5-14-7-9-15(10-8-14)11-16(21(25)26-6-2)18-22-19(24)17-12(3)13(4)27-20(17)23-18/h7-11H,5-6H2,1-4H3,(H,22,23,24). The van der Waals surface area contributed by atoms with Crippen LogP contribution in [0, 0.1) is 13.8 Å². The van der Waals surface area contributed by atoms with Gasteiger partial charge in [0, 0.05) is 4.88 Å². The average molecular weight is 382 g/mol. The third-order valence-corrected chi connectivity index (χ3v) is 5.59. The summed E-state index contributed by atoms with van der Waals surface area (Å²) in [5.41, 5.74) is 2.98. The van der Waals surface area contributed by atoms with Crippen LogP contribution in [-0.4, -0.2) is 22.5 Å². The molecule has 0 spiro atoms. The van der Waals surface area contributed by atoms with Crippen LogP contribution >= 0.6 is 11.3 Å². The number of nitrogens with one attached hydrogen (secondary N) is 1. The summed E-state index contributed by atoms with van der Waals surface area (Å²) >= 11 is 1.45. The molecule has 3 aromatic rings. The third kappa shape index (κ3) is 3.85. The van der Waals surface area contributed by atoms with Crippen LogP contribution in [0.2, 0.25) is 0 Å². The van der Waals surface area contributed by atoms with Gasteiger partial charge in [-0.15, -0.1) is 11.3 Å². The van der Waals surface area contributed by atoms with Crippen molar-refractivity contribution in [3.63, 3.8) is 0 Å². The Bertz CT molecular complexity index is 1080. The first-order valence-electron chi connectivity index (χ1n) is 8.92. The lowest BCUT2D eigenvalue weighted by atomic mass is 10.1. The first-order valence-corrected chi connectivity index (χ1v) is 9.74. The zero-order valence-electron chi connectivity index (χ0n) is 15.9. The lowest BCUT2D eigenvalue weighted by Gasteiger charge is -2.07. The Balaban J connectivity index is 2.15. The minimum atomic E-state index is -0.510. The fourth-order valence-electron chi connectivity index (χ4n) is 2.83. The molecule has 2 aromatic heterocycles. The summed E-state index contributed by atoms with van der Waals surface area (Å²) in [6, 6.07) is 7.90. The molecule has 0 fully saturated rings. The largest absolute Gasteiger partial charge is 0.462 e. The van der Waals surface area contributed by atoms with Crippen LogP contribution in [0.3, 0.4) is 0 Å². The van der Waals surface area contributed by atoms with Crippen molar-refractivity contribution in [1.82, 2.24) is 9.97 Å². The van der Waals surface area contributed by atoms with Crippen molar-refractivity contribution < 1.29 is 9.53 Å². The smallest absolute Gasteiger partial charge is 0.341 e. The maximum absolute atomic E-state index is 12.6. The van der Waals surface area contributed by atoms with E-state index in [0.29, 0.717) is 10.2 Å². The van der Waals surface area contributed by atoms with E-state index in [-0.39, 0.29) is 23.6 Å². The van der Waals surface area contributed by atoms with E-state index in [9.17, 15) is 9.59 Å². The molecule has 0 aliphatic rings. The number of carbonyl (C=O) groups excluding carboxylic acids is 1. The number of aryl methyl sites for hydroxylation is 3. The van der Waals surface area contributed by atoms with Gasteiger partial charge in [0.1, 0.15) is 16.2 Å². The normalized spacial score (nSPS) is 11.8. The van der Waals surface area contributed by atoms with Gasteiger partial charge in [-0.05, 0) is 50.0 Å². The molecule has 0 bridgehead atoms. The molecule has 0 unspecified atom stereocenters. The minimum Gasteiger partial charge on any atom is -0.462 e. The second kappa shape index (κ2) is 7.88. The van der Waals surface area contributed by atoms with Gasteiger partial charge in [-0.2, -0.15) is 0 Å². The van der Waals surface area contributed by atoms with Crippen LogP contribution < -0.4 is 5.56 Å². The molecule has 0 aliphatic carbocycles. The Morgan fingerprint density at radius 1 is 1.22 bits per heavy atom. The molecule has 0 atom stereocenters. The number of aromatic amines is 1. The Labute approximate surface area is 161 Å². The summed E-state index contributed by atoms with van der Waals surface area (Å²) in [4.78, 5) is 34.1. The highest BCUT2D eigenvalue weighted by Crippen LogP contribution is 2.27. The first kappa shape index (κ1) is 19.0. The van der Waals surface area contributed by atoms with Crippen molar-refractivity contribution in [3.8, 4) is 0 Å². The van der Waals surface area contributed by atoms with E-state index in [1.165, 1.54) is 16.9 Å². The first-order chi connectivity index (χ1) is 12.9. The number of carbonyl (C=O) groups is 1. The van der Waals surface area contributed by atoms with E-state index >= 15 is 0 Å². The van der Waals surface area contributed by atoms with Crippen molar-refractivity contribution in [1.29, 1.82) is 0 Å². The van der Waals surface area contributed by atoms with Gasteiger partial charge in [-0.1, -0.05) is 31.2 Å². The van der Waals surface area contributed by atoms with Crippen molar-refractivity contribution >= 4 is 39.2 Å². The maximum atomic E-state index is 12.6. The summed E-state index contributed by atoms with van der Waals surface area (Å²) in [6.45, 7) is 7.94. The van der Waals surface area contributed by atoms with Crippen molar-refractivity contribution in [2.24, 2.45) is 0 Å². The highest BCUT2D eigenvalue weighted by molar-refractivity contribution is 7.18. The lowest BCUT2D eigenvalue weighted by molar-refractivity contribution is -0.136. The van der Waals surface area contributed by atoms with Gasteiger partial charge in [-0.25, -0.2) is 9.78 Å². The van der Waals surface area contributed by atoms with E-state index in [2.05, 4.69) is 16.9 Å². The Morgan fingerprint density at radius 2 is 1.93 bits per heavy atom. The second-order valence-corrected chi connectivity index (χ2v) is 7.45. The van der Waals surface area contributed by atoms with E-state index in [1.54, 1.807) is 13.0 Å². The molecule has 0 radical (unpaired) electrons. The van der Waals surface area contributed by atoms with Gasteiger partial charge < -0.3 is 9.72 Å². The molecule has 0 saturated carbocycles. The number of H-pyrrole nitrogens is 1. The van der Waals surface area contributed by atoms with Crippen molar-refractivity contribution in [2.75, 3.05) is 6.61 Å². The third-order valence-electron chi connectivity index (χ3n) is 4.49. The molecule has 1 N–H and O–H groups in total. The maximum Gasteiger partial charge on any atom is 0.341 e. The van der Waals surface area contributed by atoms with Gasteiger partial charge in [0.25, 0.3) is 5.56 Å². The Kier molecular flexibility index (Phi) is 5.56. The Hall–Kier alpha value is -2.73. The second-order valence-electron chi connectivity index (χ2n) is 6.25. The van der Waals surface area contributed by atoms with Gasteiger partial charge in [0.15, 0.2) is 0 Å². The molecule has 0 amide bonds. The van der Waals surface area contributed by atoms with Gasteiger partial charge >= 0.3 is 5.97 Å². The number of fused-ring (bicyclic) bond motifs is 1. The number of benzene rings is 1. The predicted molar refractivity (Wildman–Crippen MR) is 110 cm³/mol. The van der Waals surface area contributed by atoms with Gasteiger partial charge in [-0.3, -0.25) is 4.79 Å². The van der Waals surface area contributed by atoms with E-state index in [4.69, 9.17) is 4.74 Å². The molecular formula is C21H22N2O3S. The van der Waals surface area contributed by atoms with Crippen LogP contribution in [0.4, 0.5) is 0 Å². The number of thiophene rings is 1. The number of hydrogen-bond acceptors (Lipinski definition) is 5. The summed E-state index contributed by atoms with van der Waals surface area (Å²) < 4.78 is 5.19.